The Bertz CT molecular complexity index is 641. The molecule has 0 aliphatic heterocycles. The van der Waals surface area contributed by atoms with Gasteiger partial charge in [-0.3, -0.25) is 4.79 Å². The standard InChI is InChI=1S/C10H9N3O3.C2HF3O2/c14-9(15)3-6-13-4-1-8(2-5-13)10-11-7-12-16-10;3-2(4,5)1(6)7/h1-2,4-5,7H,3,6H2;(H,6,7). The highest BCUT2D eigenvalue weighted by atomic mass is 19.4. The minimum Gasteiger partial charge on any atom is -0.542 e. The first-order valence-corrected chi connectivity index (χ1v) is 5.96. The number of carboxylic acids is 2. The van der Waals surface area contributed by atoms with Crippen LogP contribution < -0.4 is 9.67 Å². The second kappa shape index (κ2) is 7.87. The third-order valence-electron chi connectivity index (χ3n) is 2.31. The Balaban J connectivity index is 0.000000322. The molecule has 0 saturated carbocycles. The van der Waals surface area contributed by atoms with E-state index in [0.29, 0.717) is 12.4 Å². The van der Waals surface area contributed by atoms with E-state index in [9.17, 15) is 18.0 Å². The van der Waals surface area contributed by atoms with Crippen LogP contribution in [0, 0.1) is 0 Å². The molecule has 2 heterocycles. The van der Waals surface area contributed by atoms with E-state index in [1.165, 1.54) is 6.33 Å². The zero-order valence-electron chi connectivity index (χ0n) is 11.4. The summed E-state index contributed by atoms with van der Waals surface area (Å²) in [6.45, 7) is 0.444. The van der Waals surface area contributed by atoms with E-state index in [1.807, 2.05) is 0 Å². The van der Waals surface area contributed by atoms with Crippen LogP contribution in [-0.4, -0.2) is 33.4 Å². The molecule has 0 radical (unpaired) electrons. The fourth-order valence-electron chi connectivity index (χ4n) is 1.27. The van der Waals surface area contributed by atoms with E-state index in [2.05, 4.69) is 10.1 Å². The van der Waals surface area contributed by atoms with E-state index in [1.54, 1.807) is 29.1 Å². The number of halogens is 3. The molecule has 2 aromatic heterocycles. The highest BCUT2D eigenvalue weighted by Gasteiger charge is 2.28. The number of nitrogens with zero attached hydrogens (tertiary/aromatic N) is 3. The first kappa shape index (κ1) is 18.1. The highest BCUT2D eigenvalue weighted by Crippen LogP contribution is 2.12. The second-order valence-corrected chi connectivity index (χ2v) is 4.00. The summed E-state index contributed by atoms with van der Waals surface area (Å²) in [5, 5.41) is 20.8. The van der Waals surface area contributed by atoms with E-state index >= 15 is 0 Å². The van der Waals surface area contributed by atoms with Crippen molar-refractivity contribution in [2.45, 2.75) is 19.1 Å². The molecule has 8 nitrogen and oxygen atoms in total. The van der Waals surface area contributed by atoms with Gasteiger partial charge in [0.25, 0.3) is 5.89 Å². The Labute approximate surface area is 126 Å². The molecule has 0 spiro atoms. The maximum absolute atomic E-state index is 10.5. The van der Waals surface area contributed by atoms with Gasteiger partial charge in [-0.25, -0.2) is 4.57 Å². The van der Waals surface area contributed by atoms with Crippen molar-refractivity contribution in [3.63, 3.8) is 0 Å². The summed E-state index contributed by atoms with van der Waals surface area (Å²) in [5.41, 5.74) is 0.809. The zero-order chi connectivity index (χ0) is 17.5. The van der Waals surface area contributed by atoms with Crippen LogP contribution in [0.15, 0.2) is 35.4 Å². The number of carbonyl (C=O) groups is 2. The van der Waals surface area contributed by atoms with Gasteiger partial charge >= 0.3 is 12.1 Å². The van der Waals surface area contributed by atoms with E-state index in [-0.39, 0.29) is 6.42 Å². The number of alkyl halides is 3. The van der Waals surface area contributed by atoms with Gasteiger partial charge in [0.2, 0.25) is 0 Å². The first-order valence-electron chi connectivity index (χ1n) is 5.96. The van der Waals surface area contributed by atoms with Crippen molar-refractivity contribution in [1.29, 1.82) is 0 Å². The molecule has 0 aliphatic carbocycles. The average molecular weight is 333 g/mol. The van der Waals surface area contributed by atoms with Gasteiger partial charge in [-0.2, -0.15) is 18.2 Å². The molecule has 0 fully saturated rings. The first-order chi connectivity index (χ1) is 10.7. The summed E-state index contributed by atoms with van der Waals surface area (Å²) in [4.78, 5) is 23.1. The summed E-state index contributed by atoms with van der Waals surface area (Å²) in [7, 11) is 0. The molecule has 0 aliphatic rings. The smallest absolute Gasteiger partial charge is 0.430 e. The van der Waals surface area contributed by atoms with Gasteiger partial charge in [0.15, 0.2) is 25.3 Å². The summed E-state index contributed by atoms with van der Waals surface area (Å²) < 4.78 is 38.2. The molecule has 23 heavy (non-hydrogen) atoms. The van der Waals surface area contributed by atoms with Crippen molar-refractivity contribution in [2.75, 3.05) is 0 Å². The number of hydrogen-bond acceptors (Lipinski definition) is 6. The molecular weight excluding hydrogens is 323 g/mol. The van der Waals surface area contributed by atoms with Gasteiger partial charge in [0.05, 0.1) is 5.56 Å². The van der Waals surface area contributed by atoms with Gasteiger partial charge in [-0.15, -0.1) is 0 Å². The number of aromatic nitrogens is 3. The maximum Gasteiger partial charge on any atom is 0.430 e. The van der Waals surface area contributed by atoms with Crippen molar-refractivity contribution < 1.29 is 42.1 Å². The number of carbonyl (C=O) groups excluding carboxylic acids is 1. The molecule has 0 atom stereocenters. The van der Waals surface area contributed by atoms with Crippen LogP contribution in [0.1, 0.15) is 6.42 Å². The van der Waals surface area contributed by atoms with E-state index in [4.69, 9.17) is 19.5 Å². The molecule has 0 bridgehead atoms. The van der Waals surface area contributed by atoms with E-state index < -0.39 is 18.1 Å². The summed E-state index contributed by atoms with van der Waals surface area (Å²) in [6, 6.07) is 3.60. The van der Waals surface area contributed by atoms with Crippen LogP contribution in [0.3, 0.4) is 0 Å². The minimum atomic E-state index is -5.19. The van der Waals surface area contributed by atoms with Crippen LogP contribution >= 0.6 is 0 Å². The van der Waals surface area contributed by atoms with Gasteiger partial charge < -0.3 is 19.5 Å². The fraction of sp³-hybridized carbons (Fsp3) is 0.250. The monoisotopic (exact) mass is 333 g/mol. The van der Waals surface area contributed by atoms with Crippen molar-refractivity contribution in [3.8, 4) is 11.5 Å². The lowest BCUT2D eigenvalue weighted by Crippen LogP contribution is -2.37. The van der Waals surface area contributed by atoms with Crippen molar-refractivity contribution in [1.82, 2.24) is 10.1 Å². The lowest BCUT2D eigenvalue weighted by Gasteiger charge is -2.03. The third kappa shape index (κ3) is 6.54. The third-order valence-corrected chi connectivity index (χ3v) is 2.31. The number of pyridine rings is 1. The quantitative estimate of drug-likeness (QED) is 0.769. The van der Waals surface area contributed by atoms with Gasteiger partial charge in [-0.1, -0.05) is 5.16 Å². The normalized spacial score (nSPS) is 10.6. The van der Waals surface area contributed by atoms with Crippen LogP contribution in [0.25, 0.3) is 11.5 Å². The van der Waals surface area contributed by atoms with E-state index in [0.717, 1.165) is 5.56 Å². The molecular formula is C12H10F3N3O5. The average Bonchev–Trinajstić information content (AvgIpc) is 2.99. The number of aliphatic carboxylic acids is 2. The van der Waals surface area contributed by atoms with Gasteiger partial charge in [0, 0.05) is 12.1 Å². The molecule has 2 rings (SSSR count). The van der Waals surface area contributed by atoms with Crippen molar-refractivity contribution in [3.05, 3.63) is 30.9 Å². The van der Waals surface area contributed by atoms with Crippen molar-refractivity contribution in [2.24, 2.45) is 0 Å². The Morgan fingerprint density at radius 1 is 1.30 bits per heavy atom. The minimum absolute atomic E-state index is 0.102. The molecule has 2 aromatic rings. The summed E-state index contributed by atoms with van der Waals surface area (Å²) >= 11 is 0. The van der Waals surface area contributed by atoms with Crippen LogP contribution in [-0.2, 0) is 16.1 Å². The second-order valence-electron chi connectivity index (χ2n) is 4.00. The topological polar surface area (TPSA) is 120 Å². The lowest BCUT2D eigenvalue weighted by molar-refractivity contribution is -0.695. The van der Waals surface area contributed by atoms with Gasteiger partial charge in [0.1, 0.15) is 12.4 Å². The number of carboxylic acid groups (broad SMARTS) is 2. The highest BCUT2D eigenvalue weighted by molar-refractivity contribution is 5.70. The number of rotatable bonds is 4. The Morgan fingerprint density at radius 3 is 2.26 bits per heavy atom. The molecule has 0 aromatic carbocycles. The van der Waals surface area contributed by atoms with Crippen LogP contribution in [0.5, 0.6) is 0 Å². The van der Waals surface area contributed by atoms with Crippen LogP contribution in [0.2, 0.25) is 0 Å². The maximum atomic E-state index is 10.5. The molecule has 0 saturated heterocycles. The molecule has 0 amide bonds. The number of hydrogen-bond donors (Lipinski definition) is 1. The predicted molar refractivity (Wildman–Crippen MR) is 63.2 cm³/mol. The molecule has 124 valence electrons. The fourth-order valence-corrected chi connectivity index (χ4v) is 1.27. The lowest BCUT2D eigenvalue weighted by atomic mass is 10.2. The zero-order valence-corrected chi connectivity index (χ0v) is 11.4. The molecule has 1 N–H and O–H groups in total. The largest absolute Gasteiger partial charge is 0.542 e. The summed E-state index contributed by atoms with van der Waals surface area (Å²) in [6.07, 6.45) is -0.198. The predicted octanol–water partition coefficient (Wildman–Crippen LogP) is -0.203. The Hall–Kier alpha value is -2.98. The van der Waals surface area contributed by atoms with Crippen molar-refractivity contribution >= 4 is 11.9 Å². The van der Waals surface area contributed by atoms with Gasteiger partial charge in [-0.05, 0) is 0 Å². The Morgan fingerprint density at radius 2 is 1.87 bits per heavy atom. The SMILES string of the molecule is O=C(O)CC[n+]1ccc(-c2ncno2)cc1.O=C([O-])C(F)(F)F. The van der Waals surface area contributed by atoms with Crippen LogP contribution in [0.4, 0.5) is 13.2 Å². The molecule has 11 heteroatoms. The molecule has 0 unspecified atom stereocenters. The number of aryl methyl sites for hydroxylation is 1. The summed E-state index contributed by atoms with van der Waals surface area (Å²) in [5.74, 6) is -3.37. The Kier molecular flexibility index (Phi) is 6.18.